The van der Waals surface area contributed by atoms with E-state index in [1.807, 2.05) is 0 Å². The van der Waals surface area contributed by atoms with E-state index in [0.29, 0.717) is 16.3 Å². The second-order valence-electron chi connectivity index (χ2n) is 4.75. The summed E-state index contributed by atoms with van der Waals surface area (Å²) < 4.78 is 27.7. The van der Waals surface area contributed by atoms with Gasteiger partial charge in [0.1, 0.15) is 17.7 Å². The zero-order valence-electron chi connectivity index (χ0n) is 10.9. The minimum absolute atomic E-state index is 0.108. The molecule has 0 aliphatic carbocycles. The maximum Gasteiger partial charge on any atom is 0.131 e. The van der Waals surface area contributed by atoms with Gasteiger partial charge in [0, 0.05) is 16.0 Å². The van der Waals surface area contributed by atoms with E-state index in [-0.39, 0.29) is 16.4 Å². The molecule has 0 amide bonds. The van der Waals surface area contributed by atoms with E-state index in [0.717, 1.165) is 6.07 Å². The Labute approximate surface area is 125 Å². The lowest BCUT2D eigenvalue weighted by atomic mass is 9.95. The molecule has 0 saturated carbocycles. The fourth-order valence-corrected chi connectivity index (χ4v) is 2.57. The van der Waals surface area contributed by atoms with Crippen LogP contribution >= 0.6 is 11.6 Å². The van der Waals surface area contributed by atoms with Crippen molar-refractivity contribution < 1.29 is 13.9 Å². The first-order valence-corrected chi connectivity index (χ1v) is 6.76. The third kappa shape index (κ3) is 2.50. The van der Waals surface area contributed by atoms with Gasteiger partial charge < -0.3 is 5.11 Å². The van der Waals surface area contributed by atoms with Crippen molar-refractivity contribution in [1.29, 1.82) is 0 Å². The van der Waals surface area contributed by atoms with Crippen LogP contribution in [-0.2, 0) is 0 Å². The average Bonchev–Trinajstić information content (AvgIpc) is 2.47. The average molecular weight is 305 g/mol. The van der Waals surface area contributed by atoms with Crippen molar-refractivity contribution in [2.24, 2.45) is 0 Å². The van der Waals surface area contributed by atoms with Crippen LogP contribution in [0.3, 0.4) is 0 Å². The number of hydrogen-bond acceptors (Lipinski definition) is 1. The number of rotatable bonds is 2. The maximum atomic E-state index is 13.9. The summed E-state index contributed by atoms with van der Waals surface area (Å²) in [5.41, 5.74) is 0.560. The molecule has 3 rings (SSSR count). The number of hydrogen-bond donors (Lipinski definition) is 1. The summed E-state index contributed by atoms with van der Waals surface area (Å²) in [5.74, 6) is -0.971. The van der Waals surface area contributed by atoms with Crippen LogP contribution < -0.4 is 0 Å². The molecule has 0 spiro atoms. The minimum Gasteiger partial charge on any atom is -0.384 e. The first kappa shape index (κ1) is 14.0. The lowest BCUT2D eigenvalue weighted by Gasteiger charge is -2.15. The van der Waals surface area contributed by atoms with Gasteiger partial charge in [-0.2, -0.15) is 0 Å². The molecule has 0 aromatic heterocycles. The summed E-state index contributed by atoms with van der Waals surface area (Å²) in [6.45, 7) is 0. The SMILES string of the molecule is OC(c1ccc(Cl)cc1F)c1ccc(F)c2ccccc12. The highest BCUT2D eigenvalue weighted by Gasteiger charge is 2.18. The van der Waals surface area contributed by atoms with Crippen molar-refractivity contribution >= 4 is 22.4 Å². The van der Waals surface area contributed by atoms with E-state index in [9.17, 15) is 13.9 Å². The van der Waals surface area contributed by atoms with Gasteiger partial charge in [0.15, 0.2) is 0 Å². The summed E-state index contributed by atoms with van der Waals surface area (Å²) in [6, 6.07) is 13.6. The van der Waals surface area contributed by atoms with Gasteiger partial charge in [-0.15, -0.1) is 0 Å². The Hall–Kier alpha value is -1.97. The highest BCUT2D eigenvalue weighted by Crippen LogP contribution is 2.32. The molecular formula is C17H11ClF2O. The van der Waals surface area contributed by atoms with Crippen LogP contribution in [0.15, 0.2) is 54.6 Å². The van der Waals surface area contributed by atoms with E-state index in [1.54, 1.807) is 24.3 Å². The molecule has 0 bridgehead atoms. The lowest BCUT2D eigenvalue weighted by molar-refractivity contribution is 0.216. The molecule has 4 heteroatoms. The monoisotopic (exact) mass is 304 g/mol. The van der Waals surface area contributed by atoms with Crippen molar-refractivity contribution in [2.75, 3.05) is 0 Å². The summed E-state index contributed by atoms with van der Waals surface area (Å²) >= 11 is 5.71. The molecule has 3 aromatic rings. The second kappa shape index (κ2) is 5.43. The van der Waals surface area contributed by atoms with Gasteiger partial charge in [-0.05, 0) is 29.1 Å². The molecule has 0 saturated heterocycles. The Balaban J connectivity index is 2.18. The Morgan fingerprint density at radius 2 is 1.48 bits per heavy atom. The number of aliphatic hydroxyl groups is 1. The number of halogens is 3. The number of aliphatic hydroxyl groups excluding tert-OH is 1. The highest BCUT2D eigenvalue weighted by molar-refractivity contribution is 6.30. The molecule has 1 nitrogen and oxygen atoms in total. The predicted molar refractivity (Wildman–Crippen MR) is 79.4 cm³/mol. The molecule has 0 fully saturated rings. The largest absolute Gasteiger partial charge is 0.384 e. The van der Waals surface area contributed by atoms with Crippen molar-refractivity contribution in [3.8, 4) is 0 Å². The topological polar surface area (TPSA) is 20.2 Å². The van der Waals surface area contributed by atoms with E-state index in [1.165, 1.54) is 24.3 Å². The molecule has 106 valence electrons. The van der Waals surface area contributed by atoms with E-state index in [2.05, 4.69) is 0 Å². The molecule has 0 aliphatic heterocycles. The van der Waals surface area contributed by atoms with E-state index in [4.69, 9.17) is 11.6 Å². The van der Waals surface area contributed by atoms with Crippen LogP contribution in [-0.4, -0.2) is 5.11 Å². The minimum atomic E-state index is -1.19. The number of fused-ring (bicyclic) bond motifs is 1. The molecule has 1 N–H and O–H groups in total. The van der Waals surface area contributed by atoms with Crippen molar-refractivity contribution in [3.63, 3.8) is 0 Å². The van der Waals surface area contributed by atoms with Gasteiger partial charge in [0.2, 0.25) is 0 Å². The van der Waals surface area contributed by atoms with Crippen molar-refractivity contribution in [2.45, 2.75) is 6.10 Å². The zero-order valence-corrected chi connectivity index (χ0v) is 11.6. The van der Waals surface area contributed by atoms with Crippen LogP contribution in [0, 0.1) is 11.6 Å². The highest BCUT2D eigenvalue weighted by atomic mass is 35.5. The summed E-state index contributed by atoms with van der Waals surface area (Å²) in [7, 11) is 0. The maximum absolute atomic E-state index is 13.9. The lowest BCUT2D eigenvalue weighted by Crippen LogP contribution is -2.04. The molecule has 21 heavy (non-hydrogen) atoms. The normalized spacial score (nSPS) is 12.6. The fraction of sp³-hybridized carbons (Fsp3) is 0.0588. The molecule has 3 aromatic carbocycles. The van der Waals surface area contributed by atoms with E-state index < -0.39 is 11.9 Å². The summed E-state index contributed by atoms with van der Waals surface area (Å²) in [6.07, 6.45) is -1.19. The molecular weight excluding hydrogens is 294 g/mol. The molecule has 0 aliphatic rings. The van der Waals surface area contributed by atoms with Gasteiger partial charge in [-0.3, -0.25) is 0 Å². The van der Waals surface area contributed by atoms with Crippen LogP contribution in [0.1, 0.15) is 17.2 Å². The fourth-order valence-electron chi connectivity index (χ4n) is 2.41. The molecule has 0 radical (unpaired) electrons. The zero-order chi connectivity index (χ0) is 15.0. The van der Waals surface area contributed by atoms with Crippen molar-refractivity contribution in [1.82, 2.24) is 0 Å². The first-order chi connectivity index (χ1) is 10.1. The predicted octanol–water partition coefficient (Wildman–Crippen LogP) is 4.85. The summed E-state index contributed by atoms with van der Waals surface area (Å²) in [4.78, 5) is 0. The molecule has 0 heterocycles. The third-order valence-corrected chi connectivity index (χ3v) is 3.69. The van der Waals surface area contributed by atoms with Crippen LogP contribution in [0.2, 0.25) is 5.02 Å². The Morgan fingerprint density at radius 1 is 0.810 bits per heavy atom. The Morgan fingerprint density at radius 3 is 2.19 bits per heavy atom. The standard InChI is InChI=1S/C17H11ClF2O/c18-10-5-6-14(16(20)9-10)17(21)13-7-8-15(19)12-4-2-1-3-11(12)13/h1-9,17,21H. The van der Waals surface area contributed by atoms with Gasteiger partial charge >= 0.3 is 0 Å². The Kier molecular flexibility index (Phi) is 3.62. The van der Waals surface area contributed by atoms with Gasteiger partial charge in [0.25, 0.3) is 0 Å². The van der Waals surface area contributed by atoms with Gasteiger partial charge in [0.05, 0.1) is 0 Å². The Bertz CT molecular complexity index is 817. The quantitative estimate of drug-likeness (QED) is 0.717. The van der Waals surface area contributed by atoms with Gasteiger partial charge in [-0.1, -0.05) is 48.0 Å². The van der Waals surface area contributed by atoms with Crippen LogP contribution in [0.25, 0.3) is 10.8 Å². The molecule has 1 unspecified atom stereocenters. The van der Waals surface area contributed by atoms with Crippen LogP contribution in [0.4, 0.5) is 8.78 Å². The van der Waals surface area contributed by atoms with Gasteiger partial charge in [-0.25, -0.2) is 8.78 Å². The smallest absolute Gasteiger partial charge is 0.131 e. The van der Waals surface area contributed by atoms with E-state index >= 15 is 0 Å². The first-order valence-electron chi connectivity index (χ1n) is 6.38. The number of benzene rings is 3. The van der Waals surface area contributed by atoms with Crippen molar-refractivity contribution in [3.05, 3.63) is 82.4 Å². The summed E-state index contributed by atoms with van der Waals surface area (Å²) in [5, 5.41) is 11.7. The van der Waals surface area contributed by atoms with Crippen LogP contribution in [0.5, 0.6) is 0 Å². The second-order valence-corrected chi connectivity index (χ2v) is 5.19. The molecule has 1 atom stereocenters. The third-order valence-electron chi connectivity index (χ3n) is 3.46.